The summed E-state index contributed by atoms with van der Waals surface area (Å²) in [5.74, 6) is -0.252. The summed E-state index contributed by atoms with van der Waals surface area (Å²) in [7, 11) is 1.41. The van der Waals surface area contributed by atoms with Crippen LogP contribution in [0.5, 0.6) is 0 Å². The van der Waals surface area contributed by atoms with Crippen molar-refractivity contribution in [1.82, 2.24) is 5.32 Å². The van der Waals surface area contributed by atoms with Crippen molar-refractivity contribution in [2.45, 2.75) is 38.0 Å². The molecule has 0 aromatic heterocycles. The van der Waals surface area contributed by atoms with Crippen molar-refractivity contribution < 1.29 is 19.0 Å². The van der Waals surface area contributed by atoms with Gasteiger partial charge in [-0.25, -0.2) is 0 Å². The van der Waals surface area contributed by atoms with Crippen molar-refractivity contribution in [3.8, 4) is 0 Å². The van der Waals surface area contributed by atoms with E-state index >= 15 is 0 Å². The Labute approximate surface area is 131 Å². The summed E-state index contributed by atoms with van der Waals surface area (Å²) in [6.45, 7) is 1.89. The van der Waals surface area contributed by atoms with Crippen LogP contribution in [0.4, 0.5) is 0 Å². The maximum atomic E-state index is 11.9. The highest BCUT2D eigenvalue weighted by Gasteiger charge is 2.19. The maximum Gasteiger partial charge on any atom is 0.323 e. The standard InChI is InChI=1S/C17H25NO4/c1-20-17(19)15(13-14-7-3-2-4-8-14)18-10-12-22-16-9-5-6-11-21-16/h2-4,7-8,15-16,18H,5-6,9-13H2,1H3/t15-,16+/m0/s1. The molecule has 1 heterocycles. The summed E-state index contributed by atoms with van der Waals surface area (Å²) in [6, 6.07) is 9.54. The normalized spacial score (nSPS) is 19.6. The molecule has 5 nitrogen and oxygen atoms in total. The molecule has 0 amide bonds. The number of hydrogen-bond acceptors (Lipinski definition) is 5. The Hall–Kier alpha value is -1.43. The van der Waals surface area contributed by atoms with Crippen LogP contribution in [-0.2, 0) is 25.4 Å². The number of benzene rings is 1. The Kier molecular flexibility index (Phi) is 7.36. The van der Waals surface area contributed by atoms with Gasteiger partial charge in [0, 0.05) is 13.2 Å². The van der Waals surface area contributed by atoms with Crippen LogP contribution >= 0.6 is 0 Å². The lowest BCUT2D eigenvalue weighted by Gasteiger charge is -2.23. The third-order valence-corrected chi connectivity index (χ3v) is 3.70. The number of nitrogens with one attached hydrogen (secondary N) is 1. The van der Waals surface area contributed by atoms with Crippen LogP contribution in [0, 0.1) is 0 Å². The van der Waals surface area contributed by atoms with Gasteiger partial charge in [0.1, 0.15) is 6.04 Å². The van der Waals surface area contributed by atoms with E-state index in [1.54, 1.807) is 0 Å². The highest BCUT2D eigenvalue weighted by molar-refractivity contribution is 5.76. The van der Waals surface area contributed by atoms with Crippen molar-refractivity contribution in [1.29, 1.82) is 0 Å². The van der Waals surface area contributed by atoms with Gasteiger partial charge in [-0.05, 0) is 31.2 Å². The van der Waals surface area contributed by atoms with Gasteiger partial charge < -0.3 is 19.5 Å². The molecule has 1 N–H and O–H groups in total. The molecule has 1 fully saturated rings. The van der Waals surface area contributed by atoms with Gasteiger partial charge in [0.15, 0.2) is 6.29 Å². The van der Waals surface area contributed by atoms with Gasteiger partial charge in [-0.1, -0.05) is 30.3 Å². The number of carbonyl (C=O) groups excluding carboxylic acids is 1. The van der Waals surface area contributed by atoms with Gasteiger partial charge in [0.25, 0.3) is 0 Å². The van der Waals surface area contributed by atoms with Gasteiger partial charge >= 0.3 is 5.97 Å². The lowest BCUT2D eigenvalue weighted by molar-refractivity contribution is -0.161. The van der Waals surface area contributed by atoms with Crippen LogP contribution in [0.3, 0.4) is 0 Å². The molecule has 2 rings (SSSR count). The summed E-state index contributed by atoms with van der Waals surface area (Å²) in [5.41, 5.74) is 1.10. The van der Waals surface area contributed by atoms with E-state index in [-0.39, 0.29) is 18.3 Å². The number of hydrogen-bond donors (Lipinski definition) is 1. The van der Waals surface area contributed by atoms with Crippen molar-refractivity contribution in [3.05, 3.63) is 35.9 Å². The average Bonchev–Trinajstić information content (AvgIpc) is 2.58. The number of ether oxygens (including phenoxy) is 3. The van der Waals surface area contributed by atoms with E-state index in [9.17, 15) is 4.79 Å². The topological polar surface area (TPSA) is 56.8 Å². The van der Waals surface area contributed by atoms with Crippen LogP contribution in [0.25, 0.3) is 0 Å². The molecule has 0 saturated carbocycles. The van der Waals surface area contributed by atoms with Crippen molar-refractivity contribution in [2.24, 2.45) is 0 Å². The summed E-state index contributed by atoms with van der Waals surface area (Å²) >= 11 is 0. The minimum absolute atomic E-state index is 0.0961. The second kappa shape index (κ2) is 9.56. The van der Waals surface area contributed by atoms with Crippen LogP contribution < -0.4 is 5.32 Å². The maximum absolute atomic E-state index is 11.9. The lowest BCUT2D eigenvalue weighted by atomic mass is 10.1. The molecule has 5 heteroatoms. The molecule has 0 aliphatic carbocycles. The molecule has 1 aromatic carbocycles. The highest BCUT2D eigenvalue weighted by atomic mass is 16.7. The van der Waals surface area contributed by atoms with Gasteiger partial charge in [0.2, 0.25) is 0 Å². The predicted molar refractivity (Wildman–Crippen MR) is 83.5 cm³/mol. The van der Waals surface area contributed by atoms with E-state index < -0.39 is 0 Å². The Balaban J connectivity index is 1.73. The average molecular weight is 307 g/mol. The zero-order chi connectivity index (χ0) is 15.6. The number of methoxy groups -OCH3 is 1. The largest absolute Gasteiger partial charge is 0.468 e. The fourth-order valence-corrected chi connectivity index (χ4v) is 2.50. The molecule has 0 spiro atoms. The Bertz CT molecular complexity index is 432. The highest BCUT2D eigenvalue weighted by Crippen LogP contribution is 2.13. The first-order chi connectivity index (χ1) is 10.8. The van der Waals surface area contributed by atoms with Crippen LogP contribution in [0.1, 0.15) is 24.8 Å². The van der Waals surface area contributed by atoms with Crippen LogP contribution in [0.15, 0.2) is 30.3 Å². The molecular formula is C17H25NO4. The Morgan fingerprint density at radius 1 is 1.36 bits per heavy atom. The molecule has 22 heavy (non-hydrogen) atoms. The molecule has 1 saturated heterocycles. The first kappa shape index (κ1) is 16.9. The molecule has 122 valence electrons. The van der Waals surface area contributed by atoms with E-state index in [1.807, 2.05) is 30.3 Å². The van der Waals surface area contributed by atoms with Crippen molar-refractivity contribution >= 4 is 5.97 Å². The lowest BCUT2D eigenvalue weighted by Crippen LogP contribution is -2.41. The van der Waals surface area contributed by atoms with E-state index in [0.717, 1.165) is 31.4 Å². The number of rotatable bonds is 8. The van der Waals surface area contributed by atoms with Gasteiger partial charge in [-0.15, -0.1) is 0 Å². The van der Waals surface area contributed by atoms with E-state index in [1.165, 1.54) is 7.11 Å². The monoisotopic (exact) mass is 307 g/mol. The number of esters is 1. The summed E-state index contributed by atoms with van der Waals surface area (Å²) in [6.07, 6.45) is 3.72. The zero-order valence-electron chi connectivity index (χ0n) is 13.1. The Morgan fingerprint density at radius 2 is 2.18 bits per heavy atom. The van der Waals surface area contributed by atoms with Crippen LogP contribution in [0.2, 0.25) is 0 Å². The summed E-state index contributed by atoms with van der Waals surface area (Å²) < 4.78 is 16.0. The van der Waals surface area contributed by atoms with Gasteiger partial charge in [-0.3, -0.25) is 4.79 Å². The molecule has 1 aromatic rings. The minimum atomic E-state index is -0.358. The molecule has 1 aliphatic heterocycles. The smallest absolute Gasteiger partial charge is 0.323 e. The Morgan fingerprint density at radius 3 is 2.86 bits per heavy atom. The van der Waals surface area contributed by atoms with Gasteiger partial charge in [0.05, 0.1) is 13.7 Å². The van der Waals surface area contributed by atoms with E-state index in [4.69, 9.17) is 14.2 Å². The zero-order valence-corrected chi connectivity index (χ0v) is 13.1. The third-order valence-electron chi connectivity index (χ3n) is 3.70. The minimum Gasteiger partial charge on any atom is -0.468 e. The van der Waals surface area contributed by atoms with Crippen molar-refractivity contribution in [2.75, 3.05) is 26.9 Å². The quantitative estimate of drug-likeness (QED) is 0.587. The number of carbonyl (C=O) groups is 1. The second-order valence-electron chi connectivity index (χ2n) is 5.39. The molecular weight excluding hydrogens is 282 g/mol. The fourth-order valence-electron chi connectivity index (χ4n) is 2.50. The molecule has 2 atom stereocenters. The van der Waals surface area contributed by atoms with E-state index in [0.29, 0.717) is 19.6 Å². The first-order valence-electron chi connectivity index (χ1n) is 7.88. The molecule has 1 aliphatic rings. The van der Waals surface area contributed by atoms with Crippen molar-refractivity contribution in [3.63, 3.8) is 0 Å². The molecule has 0 radical (unpaired) electrons. The third kappa shape index (κ3) is 5.75. The fraction of sp³-hybridized carbons (Fsp3) is 0.588. The summed E-state index contributed by atoms with van der Waals surface area (Å²) in [4.78, 5) is 11.9. The van der Waals surface area contributed by atoms with Gasteiger partial charge in [-0.2, -0.15) is 0 Å². The SMILES string of the molecule is COC(=O)[C@H](Cc1ccccc1)NCCO[C@@H]1CCCCO1. The molecule has 0 unspecified atom stereocenters. The summed E-state index contributed by atoms with van der Waals surface area (Å²) in [5, 5.41) is 3.20. The first-order valence-corrected chi connectivity index (χ1v) is 7.88. The van der Waals surface area contributed by atoms with E-state index in [2.05, 4.69) is 5.32 Å². The van der Waals surface area contributed by atoms with Crippen LogP contribution in [-0.4, -0.2) is 45.2 Å². The predicted octanol–water partition coefficient (Wildman–Crippen LogP) is 1.90. The molecule has 0 bridgehead atoms. The second-order valence-corrected chi connectivity index (χ2v) is 5.39.